The van der Waals surface area contributed by atoms with Gasteiger partial charge in [0.05, 0.1) is 0 Å². The number of nitrogens with zero attached hydrogens (tertiary/aromatic N) is 2. The zero-order valence-corrected chi connectivity index (χ0v) is 15.1. The van der Waals surface area contributed by atoms with Crippen LogP contribution in [0.1, 0.15) is 42.0 Å². The molecule has 0 aliphatic carbocycles. The maximum absolute atomic E-state index is 3.52. The summed E-state index contributed by atoms with van der Waals surface area (Å²) in [5, 5.41) is 3.52. The van der Waals surface area contributed by atoms with Crippen LogP contribution in [0.5, 0.6) is 0 Å². The summed E-state index contributed by atoms with van der Waals surface area (Å²) in [4.78, 5) is 7.95. The van der Waals surface area contributed by atoms with Crippen LogP contribution in [-0.2, 0) is 13.1 Å². The van der Waals surface area contributed by atoms with Crippen molar-refractivity contribution in [1.29, 1.82) is 0 Å². The number of likely N-dealkylation sites (tertiary alicyclic amines) is 1. The average molecular weight is 310 g/mol. The maximum atomic E-state index is 3.52. The van der Waals surface area contributed by atoms with Gasteiger partial charge in [0.1, 0.15) is 0 Å². The highest BCUT2D eigenvalue weighted by atomic mass is 32.1. The van der Waals surface area contributed by atoms with Crippen molar-refractivity contribution in [1.82, 2.24) is 15.1 Å². The molecular formula is C17H31N3S. The average Bonchev–Trinajstić information content (AvgIpc) is 2.78. The molecule has 0 spiro atoms. The van der Waals surface area contributed by atoms with Gasteiger partial charge in [-0.15, -0.1) is 11.3 Å². The lowest BCUT2D eigenvalue weighted by molar-refractivity contribution is 0.139. The number of hydrogen-bond acceptors (Lipinski definition) is 4. The van der Waals surface area contributed by atoms with Gasteiger partial charge < -0.3 is 10.2 Å². The van der Waals surface area contributed by atoms with E-state index in [1.165, 1.54) is 41.2 Å². The summed E-state index contributed by atoms with van der Waals surface area (Å²) in [6.07, 6.45) is 2.61. The van der Waals surface area contributed by atoms with Gasteiger partial charge in [0.15, 0.2) is 0 Å². The third-order valence-electron chi connectivity index (χ3n) is 4.49. The molecule has 1 aromatic heterocycles. The minimum atomic E-state index is 0.553. The van der Waals surface area contributed by atoms with Gasteiger partial charge in [-0.3, -0.25) is 4.90 Å². The van der Waals surface area contributed by atoms with Crippen molar-refractivity contribution in [3.8, 4) is 0 Å². The molecule has 1 N–H and O–H groups in total. The molecule has 1 saturated heterocycles. The van der Waals surface area contributed by atoms with Gasteiger partial charge in [0.2, 0.25) is 0 Å². The highest BCUT2D eigenvalue weighted by molar-refractivity contribution is 7.12. The molecule has 0 saturated carbocycles. The van der Waals surface area contributed by atoms with Gasteiger partial charge in [0.25, 0.3) is 0 Å². The van der Waals surface area contributed by atoms with Crippen LogP contribution in [0.4, 0.5) is 0 Å². The first kappa shape index (κ1) is 16.9. The van der Waals surface area contributed by atoms with E-state index in [0.717, 1.165) is 19.1 Å². The summed E-state index contributed by atoms with van der Waals surface area (Å²) in [6, 6.07) is 3.70. The number of hydrogen-bond donors (Lipinski definition) is 1. The third kappa shape index (κ3) is 5.06. The zero-order valence-electron chi connectivity index (χ0n) is 14.3. The van der Waals surface area contributed by atoms with Crippen LogP contribution < -0.4 is 5.32 Å². The minimum absolute atomic E-state index is 0.553. The minimum Gasteiger partial charge on any atom is -0.310 e. The molecule has 0 amide bonds. The van der Waals surface area contributed by atoms with E-state index in [1.807, 2.05) is 11.3 Å². The molecule has 0 aromatic carbocycles. The second-order valence-electron chi connectivity index (χ2n) is 6.78. The molecule has 21 heavy (non-hydrogen) atoms. The zero-order chi connectivity index (χ0) is 15.4. The molecule has 1 fully saturated rings. The lowest BCUT2D eigenvalue weighted by atomic mass is 10.0. The van der Waals surface area contributed by atoms with Gasteiger partial charge in [-0.2, -0.15) is 0 Å². The first-order valence-electron chi connectivity index (χ1n) is 8.16. The van der Waals surface area contributed by atoms with Crippen molar-refractivity contribution in [2.75, 3.05) is 27.2 Å². The summed E-state index contributed by atoms with van der Waals surface area (Å²) in [7, 11) is 4.52. The summed E-state index contributed by atoms with van der Waals surface area (Å²) in [6.45, 7) is 11.2. The number of piperidine rings is 1. The summed E-state index contributed by atoms with van der Waals surface area (Å²) >= 11 is 1.95. The molecule has 0 unspecified atom stereocenters. The SMILES string of the molecule is Cc1sc(CNC(C)C)cc1CN(C)C1CCN(C)CC1. The second-order valence-corrected chi connectivity index (χ2v) is 8.12. The van der Waals surface area contributed by atoms with Crippen LogP contribution in [0.15, 0.2) is 6.07 Å². The normalized spacial score (nSPS) is 18.0. The molecule has 0 radical (unpaired) electrons. The van der Waals surface area contributed by atoms with E-state index in [9.17, 15) is 0 Å². The first-order chi connectivity index (χ1) is 9.95. The van der Waals surface area contributed by atoms with Crippen molar-refractivity contribution in [3.63, 3.8) is 0 Å². The monoisotopic (exact) mass is 309 g/mol. The second kappa shape index (κ2) is 7.73. The fraction of sp³-hybridized carbons (Fsp3) is 0.765. The Balaban J connectivity index is 1.89. The van der Waals surface area contributed by atoms with Crippen LogP contribution in [0.25, 0.3) is 0 Å². The molecule has 2 heterocycles. The van der Waals surface area contributed by atoms with E-state index in [-0.39, 0.29) is 0 Å². The Kier molecular flexibility index (Phi) is 6.23. The van der Waals surface area contributed by atoms with Gasteiger partial charge >= 0.3 is 0 Å². The largest absolute Gasteiger partial charge is 0.310 e. The van der Waals surface area contributed by atoms with Gasteiger partial charge in [-0.25, -0.2) is 0 Å². The predicted molar refractivity (Wildman–Crippen MR) is 93.0 cm³/mol. The van der Waals surface area contributed by atoms with Crippen LogP contribution in [-0.4, -0.2) is 49.1 Å². The van der Waals surface area contributed by atoms with Crippen LogP contribution in [0.2, 0.25) is 0 Å². The molecule has 4 heteroatoms. The topological polar surface area (TPSA) is 18.5 Å². The standard InChI is InChI=1S/C17H31N3S/c1-13(2)18-11-17-10-15(14(3)21-17)12-20(5)16-6-8-19(4)9-7-16/h10,13,16,18H,6-9,11-12H2,1-5H3. The van der Waals surface area contributed by atoms with Crippen molar-refractivity contribution in [2.45, 2.75) is 58.8 Å². The molecule has 2 rings (SSSR count). The highest BCUT2D eigenvalue weighted by Crippen LogP contribution is 2.24. The molecule has 1 aliphatic heterocycles. The van der Waals surface area contributed by atoms with E-state index in [2.05, 4.69) is 56.0 Å². The third-order valence-corrected chi connectivity index (χ3v) is 5.58. The molecule has 0 bridgehead atoms. The van der Waals surface area contributed by atoms with E-state index < -0.39 is 0 Å². The number of nitrogens with one attached hydrogen (secondary N) is 1. The van der Waals surface area contributed by atoms with Gasteiger partial charge in [-0.1, -0.05) is 13.8 Å². The Bertz CT molecular complexity index is 433. The Labute approximate surface area is 134 Å². The Morgan fingerprint density at radius 1 is 1.38 bits per heavy atom. The molecule has 1 aromatic rings. The Morgan fingerprint density at radius 3 is 2.67 bits per heavy atom. The molecule has 120 valence electrons. The van der Waals surface area contributed by atoms with Crippen LogP contribution in [0, 0.1) is 6.92 Å². The molecule has 0 atom stereocenters. The maximum Gasteiger partial charge on any atom is 0.0302 e. The molecular weight excluding hydrogens is 278 g/mol. The Morgan fingerprint density at radius 2 is 2.05 bits per heavy atom. The molecule has 3 nitrogen and oxygen atoms in total. The number of aryl methyl sites for hydroxylation is 1. The first-order valence-corrected chi connectivity index (χ1v) is 8.97. The van der Waals surface area contributed by atoms with Crippen molar-refractivity contribution >= 4 is 11.3 Å². The lowest BCUT2D eigenvalue weighted by Crippen LogP contribution is -2.41. The van der Waals surface area contributed by atoms with Gasteiger partial charge in [0, 0.05) is 34.9 Å². The number of rotatable bonds is 6. The lowest BCUT2D eigenvalue weighted by Gasteiger charge is -2.35. The predicted octanol–water partition coefficient (Wildman–Crippen LogP) is 3.08. The van der Waals surface area contributed by atoms with Crippen LogP contribution >= 0.6 is 11.3 Å². The smallest absolute Gasteiger partial charge is 0.0302 e. The summed E-state index contributed by atoms with van der Waals surface area (Å²) < 4.78 is 0. The van der Waals surface area contributed by atoms with Crippen LogP contribution in [0.3, 0.4) is 0 Å². The van der Waals surface area contributed by atoms with E-state index in [4.69, 9.17) is 0 Å². The fourth-order valence-electron chi connectivity index (χ4n) is 2.97. The van der Waals surface area contributed by atoms with Gasteiger partial charge in [-0.05, 0) is 58.6 Å². The Hall–Kier alpha value is -0.420. The van der Waals surface area contributed by atoms with Crippen molar-refractivity contribution in [2.24, 2.45) is 0 Å². The van der Waals surface area contributed by atoms with E-state index in [0.29, 0.717) is 6.04 Å². The molecule has 1 aliphatic rings. The van der Waals surface area contributed by atoms with E-state index >= 15 is 0 Å². The fourth-order valence-corrected chi connectivity index (χ4v) is 3.97. The number of thiophene rings is 1. The van der Waals surface area contributed by atoms with Crippen molar-refractivity contribution < 1.29 is 0 Å². The summed E-state index contributed by atoms with van der Waals surface area (Å²) in [5.74, 6) is 0. The summed E-state index contributed by atoms with van der Waals surface area (Å²) in [5.41, 5.74) is 1.52. The quantitative estimate of drug-likeness (QED) is 0.871. The highest BCUT2D eigenvalue weighted by Gasteiger charge is 2.21. The van der Waals surface area contributed by atoms with Crippen molar-refractivity contribution in [3.05, 3.63) is 21.4 Å². The van der Waals surface area contributed by atoms with E-state index in [1.54, 1.807) is 0 Å².